The highest BCUT2D eigenvalue weighted by Gasteiger charge is 2.07. The van der Waals surface area contributed by atoms with E-state index in [9.17, 15) is 5.11 Å². The normalized spacial score (nSPS) is 12.6. The Bertz CT molecular complexity index is 880. The van der Waals surface area contributed by atoms with E-state index < -0.39 is 6.10 Å². The lowest BCUT2D eigenvalue weighted by molar-refractivity contribution is 0.170. The highest BCUT2D eigenvalue weighted by molar-refractivity contribution is 7.13. The smallest absolute Gasteiger partial charge is 0.191 e. The molecule has 3 N–H and O–H groups in total. The SMILES string of the molecule is CCNC(=NCCC(O)c1ccccc1)NCCc1csc(-c2ccccc2)n1. The molecule has 6 heteroatoms. The van der Waals surface area contributed by atoms with Gasteiger partial charge in [0.2, 0.25) is 0 Å². The van der Waals surface area contributed by atoms with Crippen LogP contribution in [0.3, 0.4) is 0 Å². The number of nitrogens with one attached hydrogen (secondary N) is 2. The highest BCUT2D eigenvalue weighted by atomic mass is 32.1. The van der Waals surface area contributed by atoms with Crippen molar-refractivity contribution in [2.75, 3.05) is 19.6 Å². The van der Waals surface area contributed by atoms with Gasteiger partial charge in [0.05, 0.1) is 11.8 Å². The van der Waals surface area contributed by atoms with E-state index in [2.05, 4.69) is 33.1 Å². The Hall–Kier alpha value is -2.70. The molecule has 2 aromatic carbocycles. The maximum Gasteiger partial charge on any atom is 0.191 e. The van der Waals surface area contributed by atoms with Crippen molar-refractivity contribution in [2.45, 2.75) is 25.9 Å². The summed E-state index contributed by atoms with van der Waals surface area (Å²) >= 11 is 1.67. The lowest BCUT2D eigenvalue weighted by atomic mass is 10.1. The van der Waals surface area contributed by atoms with Crippen molar-refractivity contribution in [1.29, 1.82) is 0 Å². The topological polar surface area (TPSA) is 69.5 Å². The molecule has 29 heavy (non-hydrogen) atoms. The van der Waals surface area contributed by atoms with Gasteiger partial charge in [-0.1, -0.05) is 60.7 Å². The van der Waals surface area contributed by atoms with Crippen LogP contribution in [0.4, 0.5) is 0 Å². The fourth-order valence-corrected chi connectivity index (χ4v) is 3.79. The van der Waals surface area contributed by atoms with E-state index in [-0.39, 0.29) is 0 Å². The van der Waals surface area contributed by atoms with E-state index in [1.165, 1.54) is 0 Å². The molecule has 1 heterocycles. The number of aromatic nitrogens is 1. The van der Waals surface area contributed by atoms with Gasteiger partial charge in [-0.3, -0.25) is 4.99 Å². The molecule has 3 rings (SSSR count). The molecule has 0 amide bonds. The van der Waals surface area contributed by atoms with Crippen molar-refractivity contribution < 1.29 is 5.11 Å². The third kappa shape index (κ3) is 6.69. The molecule has 0 saturated heterocycles. The average Bonchev–Trinajstić information content (AvgIpc) is 3.24. The van der Waals surface area contributed by atoms with E-state index in [0.717, 1.165) is 47.3 Å². The Balaban J connectivity index is 1.47. The molecule has 0 bridgehead atoms. The number of benzene rings is 2. The molecular formula is C23H28N4OS. The van der Waals surface area contributed by atoms with Crippen LogP contribution in [0.5, 0.6) is 0 Å². The zero-order valence-electron chi connectivity index (χ0n) is 16.7. The van der Waals surface area contributed by atoms with E-state index in [1.807, 2.05) is 55.5 Å². The number of hydrogen-bond acceptors (Lipinski definition) is 4. The molecule has 1 aromatic heterocycles. The molecular weight excluding hydrogens is 380 g/mol. The number of hydrogen-bond donors (Lipinski definition) is 3. The first kappa shape index (κ1) is 21.0. The van der Waals surface area contributed by atoms with Gasteiger partial charge in [0.25, 0.3) is 0 Å². The van der Waals surface area contributed by atoms with Gasteiger partial charge in [-0.25, -0.2) is 4.98 Å². The van der Waals surface area contributed by atoms with Crippen LogP contribution < -0.4 is 10.6 Å². The Labute approximate surface area is 176 Å². The summed E-state index contributed by atoms with van der Waals surface area (Å²) in [6.07, 6.45) is 0.933. The monoisotopic (exact) mass is 408 g/mol. The molecule has 0 spiro atoms. The molecule has 1 atom stereocenters. The molecule has 0 fully saturated rings. The lowest BCUT2D eigenvalue weighted by Crippen LogP contribution is -2.38. The van der Waals surface area contributed by atoms with Crippen molar-refractivity contribution in [1.82, 2.24) is 15.6 Å². The van der Waals surface area contributed by atoms with Gasteiger partial charge in [0.1, 0.15) is 5.01 Å². The van der Waals surface area contributed by atoms with Gasteiger partial charge in [-0.15, -0.1) is 11.3 Å². The van der Waals surface area contributed by atoms with Crippen molar-refractivity contribution in [3.63, 3.8) is 0 Å². The third-order valence-electron chi connectivity index (χ3n) is 4.45. The standard InChI is InChI=1S/C23H28N4OS/c1-2-24-23(26-16-14-21(28)18-9-5-3-6-10-18)25-15-13-20-17-29-22(27-20)19-11-7-4-8-12-19/h3-12,17,21,28H,2,13-16H2,1H3,(H2,24,25,26). The molecule has 0 aliphatic rings. The van der Waals surface area contributed by atoms with Crippen LogP contribution in [0, 0.1) is 0 Å². The summed E-state index contributed by atoms with van der Waals surface area (Å²) in [4.78, 5) is 9.31. The molecule has 0 aliphatic carbocycles. The van der Waals surface area contributed by atoms with Gasteiger partial charge in [-0.2, -0.15) is 0 Å². The van der Waals surface area contributed by atoms with Gasteiger partial charge in [-0.05, 0) is 18.9 Å². The molecule has 3 aromatic rings. The fraction of sp³-hybridized carbons (Fsp3) is 0.304. The number of guanidine groups is 1. The van der Waals surface area contributed by atoms with Crippen molar-refractivity contribution in [3.05, 3.63) is 77.3 Å². The summed E-state index contributed by atoms with van der Waals surface area (Å²) in [5, 5.41) is 20.0. The minimum Gasteiger partial charge on any atom is -0.388 e. The highest BCUT2D eigenvalue weighted by Crippen LogP contribution is 2.23. The number of aliphatic hydroxyl groups excluding tert-OH is 1. The predicted octanol–water partition coefficient (Wildman–Crippen LogP) is 4.03. The molecule has 0 radical (unpaired) electrons. The summed E-state index contributed by atoms with van der Waals surface area (Å²) in [5.41, 5.74) is 3.17. The van der Waals surface area contributed by atoms with Crippen LogP contribution in [0.25, 0.3) is 10.6 Å². The van der Waals surface area contributed by atoms with Gasteiger partial charge in [0.15, 0.2) is 5.96 Å². The van der Waals surface area contributed by atoms with Gasteiger partial charge in [0, 0.05) is 37.0 Å². The Morgan fingerprint density at radius 3 is 2.52 bits per heavy atom. The van der Waals surface area contributed by atoms with Crippen LogP contribution in [0.2, 0.25) is 0 Å². The van der Waals surface area contributed by atoms with Crippen molar-refractivity contribution in [3.8, 4) is 10.6 Å². The largest absolute Gasteiger partial charge is 0.388 e. The second kappa shape index (κ2) is 11.3. The number of thiazole rings is 1. The summed E-state index contributed by atoms with van der Waals surface area (Å²) in [6, 6.07) is 20.0. The second-order valence-corrected chi connectivity index (χ2v) is 7.52. The summed E-state index contributed by atoms with van der Waals surface area (Å²) in [5.74, 6) is 0.770. The maximum atomic E-state index is 10.3. The summed E-state index contributed by atoms with van der Waals surface area (Å²) in [7, 11) is 0. The zero-order valence-corrected chi connectivity index (χ0v) is 17.5. The lowest BCUT2D eigenvalue weighted by Gasteiger charge is -2.12. The minimum atomic E-state index is -0.491. The Morgan fingerprint density at radius 1 is 1.07 bits per heavy atom. The van der Waals surface area contributed by atoms with E-state index in [1.54, 1.807) is 11.3 Å². The number of nitrogens with zero attached hydrogens (tertiary/aromatic N) is 2. The van der Waals surface area contributed by atoms with E-state index >= 15 is 0 Å². The molecule has 152 valence electrons. The van der Waals surface area contributed by atoms with E-state index in [4.69, 9.17) is 4.98 Å². The van der Waals surface area contributed by atoms with Crippen LogP contribution in [0.1, 0.15) is 30.7 Å². The van der Waals surface area contributed by atoms with Crippen LogP contribution in [-0.2, 0) is 6.42 Å². The second-order valence-electron chi connectivity index (χ2n) is 6.66. The maximum absolute atomic E-state index is 10.3. The summed E-state index contributed by atoms with van der Waals surface area (Å²) in [6.45, 7) is 4.15. The first-order valence-electron chi connectivity index (χ1n) is 10.0. The predicted molar refractivity (Wildman–Crippen MR) is 121 cm³/mol. The quantitative estimate of drug-likeness (QED) is 0.369. The van der Waals surface area contributed by atoms with Crippen LogP contribution in [-0.4, -0.2) is 35.7 Å². The third-order valence-corrected chi connectivity index (χ3v) is 5.39. The molecule has 1 unspecified atom stereocenters. The van der Waals surface area contributed by atoms with Crippen LogP contribution in [0.15, 0.2) is 71.0 Å². The van der Waals surface area contributed by atoms with Crippen molar-refractivity contribution in [2.24, 2.45) is 4.99 Å². The van der Waals surface area contributed by atoms with Gasteiger partial charge < -0.3 is 15.7 Å². The number of aliphatic imine (C=N–C) groups is 1. The molecule has 0 saturated carbocycles. The summed E-state index contributed by atoms with van der Waals surface area (Å²) < 4.78 is 0. The minimum absolute atomic E-state index is 0.491. The van der Waals surface area contributed by atoms with Gasteiger partial charge >= 0.3 is 0 Å². The first-order chi connectivity index (χ1) is 14.3. The fourth-order valence-electron chi connectivity index (χ4n) is 2.93. The number of rotatable bonds is 9. The Morgan fingerprint density at radius 2 is 1.79 bits per heavy atom. The zero-order chi connectivity index (χ0) is 20.3. The average molecular weight is 409 g/mol. The van der Waals surface area contributed by atoms with E-state index in [0.29, 0.717) is 13.0 Å². The van der Waals surface area contributed by atoms with Crippen molar-refractivity contribution >= 4 is 17.3 Å². The van der Waals surface area contributed by atoms with Crippen LogP contribution >= 0.6 is 11.3 Å². The Kier molecular flexibility index (Phi) is 8.22. The number of aliphatic hydroxyl groups is 1. The first-order valence-corrected chi connectivity index (χ1v) is 10.9. The molecule has 5 nitrogen and oxygen atoms in total. The molecule has 0 aliphatic heterocycles.